The number of nitrogens with zero attached hydrogens (tertiary/aromatic N) is 2. The quantitative estimate of drug-likeness (QED) is 0.618. The molecule has 8 heteroatoms. The number of hydrogen-bond donors (Lipinski definition) is 1. The van der Waals surface area contributed by atoms with Crippen LogP contribution >= 0.6 is 11.8 Å². The Labute approximate surface area is 188 Å². The lowest BCUT2D eigenvalue weighted by Crippen LogP contribution is -2.51. The highest BCUT2D eigenvalue weighted by atomic mass is 32.2. The number of primary sulfonamides is 1. The maximum absolute atomic E-state index is 13.7. The molecule has 4 fully saturated rings. The number of nitrogens with two attached hydrogens (primary N) is 1. The molecule has 0 saturated heterocycles. The van der Waals surface area contributed by atoms with Crippen molar-refractivity contribution in [2.24, 2.45) is 28.3 Å². The third-order valence-electron chi connectivity index (χ3n) is 7.67. The van der Waals surface area contributed by atoms with E-state index in [2.05, 4.69) is 11.5 Å². The van der Waals surface area contributed by atoms with Crippen LogP contribution in [0.3, 0.4) is 0 Å². The number of carbonyl (C=O) groups is 1. The lowest BCUT2D eigenvalue weighted by molar-refractivity contribution is -0.143. The van der Waals surface area contributed by atoms with E-state index in [1.165, 1.54) is 43.2 Å². The number of fused-ring (bicyclic) bond motifs is 1. The number of imidazole rings is 1. The summed E-state index contributed by atoms with van der Waals surface area (Å²) >= 11 is 1.53. The normalized spacial score (nSPS) is 30.7. The molecule has 4 bridgehead atoms. The molecular formula is C23H31N3O3S2. The summed E-state index contributed by atoms with van der Waals surface area (Å²) < 4.78 is 25.6. The smallest absolute Gasteiger partial charge is 0.238 e. The van der Waals surface area contributed by atoms with Crippen LogP contribution in [0.15, 0.2) is 28.3 Å². The van der Waals surface area contributed by atoms with Gasteiger partial charge in [0.25, 0.3) is 0 Å². The molecule has 4 saturated carbocycles. The van der Waals surface area contributed by atoms with Crippen molar-refractivity contribution in [2.75, 3.05) is 0 Å². The lowest BCUT2D eigenvalue weighted by Gasteiger charge is -2.56. The molecule has 0 spiro atoms. The van der Waals surface area contributed by atoms with Crippen LogP contribution in [0.1, 0.15) is 58.8 Å². The summed E-state index contributed by atoms with van der Waals surface area (Å²) in [6.07, 6.45) is 8.13. The van der Waals surface area contributed by atoms with Gasteiger partial charge in [0.15, 0.2) is 10.9 Å². The summed E-state index contributed by atoms with van der Waals surface area (Å²) in [5.74, 6) is 2.63. The van der Waals surface area contributed by atoms with Gasteiger partial charge in [0.05, 0.1) is 21.2 Å². The van der Waals surface area contributed by atoms with E-state index in [0.717, 1.165) is 60.7 Å². The molecule has 2 N–H and O–H groups in total. The van der Waals surface area contributed by atoms with E-state index in [1.807, 2.05) is 6.92 Å². The number of rotatable bonds is 7. The minimum absolute atomic E-state index is 0.0652. The second kappa shape index (κ2) is 7.59. The van der Waals surface area contributed by atoms with E-state index < -0.39 is 10.0 Å². The standard InChI is InChI=1S/C23H31N3O3S2/c1-3-6-26-20-5-4-18(31(24,28)29)10-19(20)25-22(26)30-14(2)21(27)23-11-15-7-16(12-23)9-17(8-15)13-23/h4-5,10,14-17H,3,6-9,11-13H2,1-2H3,(H2,24,28,29). The molecule has 6 rings (SSSR count). The zero-order valence-corrected chi connectivity index (χ0v) is 19.8. The van der Waals surface area contributed by atoms with Crippen molar-refractivity contribution in [2.45, 2.75) is 80.6 Å². The van der Waals surface area contributed by atoms with Gasteiger partial charge in [0.1, 0.15) is 0 Å². The molecule has 6 nitrogen and oxygen atoms in total. The van der Waals surface area contributed by atoms with Gasteiger partial charge in [-0.3, -0.25) is 4.79 Å². The van der Waals surface area contributed by atoms with Crippen molar-refractivity contribution >= 4 is 38.6 Å². The number of benzene rings is 1. The summed E-state index contributed by atoms with van der Waals surface area (Å²) in [5.41, 5.74) is 1.37. The summed E-state index contributed by atoms with van der Waals surface area (Å²) in [6.45, 7) is 4.89. The SMILES string of the molecule is CCCn1c(SC(C)C(=O)C23CC4CC(CC(C4)C2)C3)nc2cc(S(N)(=O)=O)ccc21. The van der Waals surface area contributed by atoms with Crippen LogP contribution < -0.4 is 5.14 Å². The van der Waals surface area contributed by atoms with Gasteiger partial charge in [-0.05, 0) is 87.8 Å². The first-order valence-corrected chi connectivity index (χ1v) is 13.8. The summed E-state index contributed by atoms with van der Waals surface area (Å²) in [6, 6.07) is 4.84. The topological polar surface area (TPSA) is 95.0 Å². The fourth-order valence-corrected chi connectivity index (χ4v) is 8.52. The largest absolute Gasteiger partial charge is 0.319 e. The van der Waals surface area contributed by atoms with Crippen molar-refractivity contribution in [3.8, 4) is 0 Å². The number of aromatic nitrogens is 2. The van der Waals surface area contributed by atoms with Gasteiger partial charge in [-0.15, -0.1) is 0 Å². The van der Waals surface area contributed by atoms with Crippen LogP contribution in [-0.2, 0) is 21.4 Å². The van der Waals surface area contributed by atoms with E-state index >= 15 is 0 Å². The monoisotopic (exact) mass is 461 g/mol. The van der Waals surface area contributed by atoms with Crippen LogP contribution in [0.25, 0.3) is 11.0 Å². The Bertz CT molecular complexity index is 1100. The Kier molecular flexibility index (Phi) is 5.26. The van der Waals surface area contributed by atoms with Gasteiger partial charge in [0, 0.05) is 12.0 Å². The molecule has 168 valence electrons. The highest BCUT2D eigenvalue weighted by molar-refractivity contribution is 8.00. The summed E-state index contributed by atoms with van der Waals surface area (Å²) in [7, 11) is -3.78. The van der Waals surface area contributed by atoms with Crippen molar-refractivity contribution in [1.82, 2.24) is 9.55 Å². The molecule has 1 aromatic carbocycles. The molecular weight excluding hydrogens is 430 g/mol. The molecule has 1 aromatic heterocycles. The number of sulfonamides is 1. The lowest BCUT2D eigenvalue weighted by atomic mass is 9.48. The van der Waals surface area contributed by atoms with Crippen molar-refractivity contribution in [3.05, 3.63) is 18.2 Å². The molecule has 4 aliphatic carbocycles. The molecule has 31 heavy (non-hydrogen) atoms. The average molecular weight is 462 g/mol. The van der Waals surface area contributed by atoms with Gasteiger partial charge in [-0.1, -0.05) is 18.7 Å². The van der Waals surface area contributed by atoms with Gasteiger partial charge < -0.3 is 4.57 Å². The number of hydrogen-bond acceptors (Lipinski definition) is 5. The van der Waals surface area contributed by atoms with E-state index in [4.69, 9.17) is 10.1 Å². The number of aryl methyl sites for hydroxylation is 1. The van der Waals surface area contributed by atoms with E-state index in [-0.39, 0.29) is 15.6 Å². The predicted molar refractivity (Wildman–Crippen MR) is 122 cm³/mol. The fourth-order valence-electron chi connectivity index (χ4n) is 6.85. The Hall–Kier alpha value is -1.38. The average Bonchev–Trinajstić information content (AvgIpc) is 3.02. The van der Waals surface area contributed by atoms with Gasteiger partial charge in [-0.25, -0.2) is 18.5 Å². The molecule has 0 amide bonds. The van der Waals surface area contributed by atoms with Gasteiger partial charge in [0.2, 0.25) is 10.0 Å². The molecule has 1 unspecified atom stereocenters. The second-order valence-electron chi connectivity index (χ2n) is 10.1. The number of ketones is 1. The van der Waals surface area contributed by atoms with E-state index in [1.54, 1.807) is 6.07 Å². The van der Waals surface area contributed by atoms with Crippen molar-refractivity contribution in [3.63, 3.8) is 0 Å². The molecule has 0 aliphatic heterocycles. The van der Waals surface area contributed by atoms with Crippen LogP contribution in [0.2, 0.25) is 0 Å². The van der Waals surface area contributed by atoms with E-state index in [9.17, 15) is 13.2 Å². The van der Waals surface area contributed by atoms with Crippen molar-refractivity contribution < 1.29 is 13.2 Å². The molecule has 2 aromatic rings. The van der Waals surface area contributed by atoms with Crippen LogP contribution in [0.5, 0.6) is 0 Å². The minimum atomic E-state index is -3.78. The van der Waals surface area contributed by atoms with Crippen molar-refractivity contribution in [1.29, 1.82) is 0 Å². The molecule has 0 radical (unpaired) electrons. The van der Waals surface area contributed by atoms with E-state index in [0.29, 0.717) is 11.3 Å². The predicted octanol–water partition coefficient (Wildman–Crippen LogP) is 4.36. The first kappa shape index (κ1) is 21.5. The van der Waals surface area contributed by atoms with Crippen LogP contribution in [0.4, 0.5) is 0 Å². The Morgan fingerprint density at radius 3 is 2.39 bits per heavy atom. The number of carbonyl (C=O) groups excluding carboxylic acids is 1. The summed E-state index contributed by atoms with van der Waals surface area (Å²) in [4.78, 5) is 18.5. The zero-order chi connectivity index (χ0) is 22.0. The fraction of sp³-hybridized carbons (Fsp3) is 0.652. The number of Topliss-reactive ketones (excluding diaryl/α,β-unsaturated/α-hetero) is 1. The van der Waals surface area contributed by atoms with Gasteiger partial charge >= 0.3 is 0 Å². The molecule has 4 aliphatic rings. The maximum Gasteiger partial charge on any atom is 0.238 e. The van der Waals surface area contributed by atoms with Crippen LogP contribution in [-0.4, -0.2) is 29.0 Å². The Morgan fingerprint density at radius 2 is 1.84 bits per heavy atom. The van der Waals surface area contributed by atoms with Crippen LogP contribution in [0, 0.1) is 23.2 Å². The highest BCUT2D eigenvalue weighted by Crippen LogP contribution is 2.61. The highest BCUT2D eigenvalue weighted by Gasteiger charge is 2.55. The Morgan fingerprint density at radius 1 is 1.23 bits per heavy atom. The third-order valence-corrected chi connectivity index (χ3v) is 9.67. The second-order valence-corrected chi connectivity index (χ2v) is 12.9. The number of thioether (sulfide) groups is 1. The first-order chi connectivity index (χ1) is 14.7. The first-order valence-electron chi connectivity index (χ1n) is 11.4. The Balaban J connectivity index is 1.44. The summed E-state index contributed by atoms with van der Waals surface area (Å²) in [5, 5.41) is 5.92. The maximum atomic E-state index is 13.7. The van der Waals surface area contributed by atoms with Gasteiger partial charge in [-0.2, -0.15) is 0 Å². The third kappa shape index (κ3) is 3.74. The molecule has 1 atom stereocenters. The molecule has 1 heterocycles. The zero-order valence-electron chi connectivity index (χ0n) is 18.2. The minimum Gasteiger partial charge on any atom is -0.319 e.